The van der Waals surface area contributed by atoms with E-state index in [1.54, 1.807) is 0 Å². The van der Waals surface area contributed by atoms with Crippen molar-refractivity contribution in [2.24, 2.45) is 0 Å². The monoisotopic (exact) mass is 228 g/mol. The first-order chi connectivity index (χ1) is 2.00. The summed E-state index contributed by atoms with van der Waals surface area (Å²) in [6.45, 7) is 0. The van der Waals surface area contributed by atoms with Crippen molar-refractivity contribution in [3.8, 4) is 0 Å². The Kier molecular flexibility index (Phi) is 195. The molecule has 0 aliphatic heterocycles. The summed E-state index contributed by atoms with van der Waals surface area (Å²) in [4.78, 5) is 0. The minimum absolute atomic E-state index is 0. The molecule has 0 bridgehead atoms. The fourth-order valence-corrected chi connectivity index (χ4v) is 0. The summed E-state index contributed by atoms with van der Waals surface area (Å²) in [7, 11) is 0. The third kappa shape index (κ3) is 30.9. The van der Waals surface area contributed by atoms with Crippen LogP contribution in [0.4, 0.5) is 0 Å². The molecule has 0 aliphatic rings. The first-order valence-corrected chi connectivity index (χ1v) is 2.42. The van der Waals surface area contributed by atoms with Crippen molar-refractivity contribution in [1.82, 2.24) is 0 Å². The van der Waals surface area contributed by atoms with E-state index in [1.165, 1.54) is 0 Å². The summed E-state index contributed by atoms with van der Waals surface area (Å²) in [5.74, 6) is 0. The Morgan fingerprint density at radius 1 is 0.833 bits per heavy atom. The molecular weight excluding hydrogens is 228 g/mol. The van der Waals surface area contributed by atoms with E-state index in [9.17, 15) is 0 Å². The molecule has 0 N–H and O–H groups in total. The second-order valence-corrected chi connectivity index (χ2v) is 0. The van der Waals surface area contributed by atoms with Gasteiger partial charge in [0.1, 0.15) is 0 Å². The van der Waals surface area contributed by atoms with Crippen LogP contribution < -0.4 is 37.7 Å². The Hall–Kier alpha value is 2.56. The molecule has 0 amide bonds. The molecule has 0 rings (SSSR count). The van der Waals surface area contributed by atoms with Gasteiger partial charge in [0.2, 0.25) is 0 Å². The van der Waals surface area contributed by atoms with Crippen LogP contribution in [0.2, 0.25) is 0 Å². The van der Waals surface area contributed by atoms with Crippen LogP contribution in [0.5, 0.6) is 0 Å². The van der Waals surface area contributed by atoms with Crippen LogP contribution in [-0.2, 0) is 55.1 Å². The molecule has 24 valence electrons. The van der Waals surface area contributed by atoms with Crippen LogP contribution in [0.15, 0.2) is 0 Å². The van der Waals surface area contributed by atoms with E-state index in [0.29, 0.717) is 49.4 Å². The van der Waals surface area contributed by atoms with Crippen molar-refractivity contribution in [1.29, 1.82) is 0 Å². The molecule has 0 heterocycles. The Labute approximate surface area is 94.1 Å². The normalized spacial score (nSPS) is 1.00. The molecule has 6 heteroatoms. The van der Waals surface area contributed by atoms with Crippen LogP contribution in [-0.4, -0.2) is 0 Å². The molecule has 0 saturated heterocycles. The molecular formula is H2Li2O2Zr2. The van der Waals surface area contributed by atoms with Crippen molar-refractivity contribution in [2.45, 2.75) is 0 Å². The van der Waals surface area contributed by atoms with Crippen molar-refractivity contribution >= 4 is 0 Å². The van der Waals surface area contributed by atoms with Gasteiger partial charge in [0, 0.05) is 0 Å². The molecule has 0 aromatic heterocycles. The Bertz CT molecular complexity index is 18.0. The van der Waals surface area contributed by atoms with Crippen LogP contribution >= 0.6 is 0 Å². The molecule has 0 saturated carbocycles. The number of rotatable bonds is 0. The van der Waals surface area contributed by atoms with E-state index < -0.39 is 0 Å². The standard InChI is InChI=1S/2Li.2O.2Zr.2H/q2*+1;;;;;2*-1. The predicted molar refractivity (Wildman–Crippen MR) is 3.60 cm³/mol. The molecule has 2 nitrogen and oxygen atoms in total. The molecule has 6 heavy (non-hydrogen) atoms. The summed E-state index contributed by atoms with van der Waals surface area (Å²) < 4.78 is 16.7. The zero-order valence-electron chi connectivity index (χ0n) is 5.82. The average Bonchev–Trinajstić information content (AvgIpc) is 1.50. The van der Waals surface area contributed by atoms with Crippen LogP contribution in [0.1, 0.15) is 2.85 Å². The van der Waals surface area contributed by atoms with Gasteiger partial charge in [-0.15, -0.1) is 0 Å². The summed E-state index contributed by atoms with van der Waals surface area (Å²) in [5.41, 5.74) is 0. The third-order valence-electron chi connectivity index (χ3n) is 0. The van der Waals surface area contributed by atoms with E-state index in [-0.39, 0.29) is 40.6 Å². The Balaban J connectivity index is -0.00000000167. The molecule has 0 aromatic carbocycles. The van der Waals surface area contributed by atoms with Gasteiger partial charge in [-0.1, -0.05) is 0 Å². The third-order valence-corrected chi connectivity index (χ3v) is 0. The molecule has 0 atom stereocenters. The van der Waals surface area contributed by atoms with Gasteiger partial charge in [-0.3, -0.25) is 0 Å². The zero-order chi connectivity index (χ0) is 4.00. The van der Waals surface area contributed by atoms with Gasteiger partial charge >= 0.3 is 92.8 Å². The summed E-state index contributed by atoms with van der Waals surface area (Å²) >= 11 is 0.600. The van der Waals surface area contributed by atoms with Crippen LogP contribution in [0.3, 0.4) is 0 Å². The van der Waals surface area contributed by atoms with Gasteiger partial charge in [0.25, 0.3) is 0 Å². The number of hydrogen-bond acceptors (Lipinski definition) is 2. The summed E-state index contributed by atoms with van der Waals surface area (Å²) in [6, 6.07) is 0. The Morgan fingerprint density at radius 2 is 0.833 bits per heavy atom. The second kappa shape index (κ2) is 49.6. The molecule has 0 fully saturated rings. The van der Waals surface area contributed by atoms with Gasteiger partial charge in [0.05, 0.1) is 0 Å². The minimum atomic E-state index is 0. The first kappa shape index (κ1) is 23.5. The van der Waals surface area contributed by atoms with Crippen molar-refractivity contribution < 1.29 is 95.6 Å². The Morgan fingerprint density at radius 3 is 0.833 bits per heavy atom. The van der Waals surface area contributed by atoms with Crippen LogP contribution in [0.25, 0.3) is 0 Å². The van der Waals surface area contributed by atoms with Gasteiger partial charge in [-0.25, -0.2) is 0 Å². The zero-order valence-corrected chi connectivity index (χ0v) is 8.73. The van der Waals surface area contributed by atoms with Crippen molar-refractivity contribution in [2.75, 3.05) is 0 Å². The van der Waals surface area contributed by atoms with E-state index in [2.05, 4.69) is 0 Å². The second-order valence-electron chi connectivity index (χ2n) is 0. The summed E-state index contributed by atoms with van der Waals surface area (Å²) in [5, 5.41) is 0. The molecule has 0 unspecified atom stereocenters. The quantitative estimate of drug-likeness (QED) is 0.388. The molecule has 0 radical (unpaired) electrons. The fraction of sp³-hybridized carbons (Fsp3) is 0. The molecule has 0 aliphatic carbocycles. The number of hydrogen-bond donors (Lipinski definition) is 0. The van der Waals surface area contributed by atoms with Crippen molar-refractivity contribution in [3.05, 3.63) is 0 Å². The SMILES string of the molecule is [H-].[H-].[Li+].[Li+].[O]=[Zr].[O]=[Zr]. The van der Waals surface area contributed by atoms with Crippen LogP contribution in [0, 0.1) is 0 Å². The van der Waals surface area contributed by atoms with Gasteiger partial charge in [-0.2, -0.15) is 0 Å². The maximum atomic E-state index is 8.34. The van der Waals surface area contributed by atoms with Gasteiger partial charge < -0.3 is 2.85 Å². The van der Waals surface area contributed by atoms with E-state index in [0.717, 1.165) is 0 Å². The van der Waals surface area contributed by atoms with E-state index in [4.69, 9.17) is 5.63 Å². The van der Waals surface area contributed by atoms with Gasteiger partial charge in [-0.05, 0) is 0 Å². The molecule has 0 aromatic rings. The van der Waals surface area contributed by atoms with E-state index >= 15 is 0 Å². The summed E-state index contributed by atoms with van der Waals surface area (Å²) in [6.07, 6.45) is 0. The molecule has 0 spiro atoms. The topological polar surface area (TPSA) is 34.1 Å². The fourth-order valence-electron chi connectivity index (χ4n) is 0. The average molecular weight is 230 g/mol. The van der Waals surface area contributed by atoms with Crippen molar-refractivity contribution in [3.63, 3.8) is 0 Å². The van der Waals surface area contributed by atoms with Gasteiger partial charge in [0.15, 0.2) is 0 Å². The predicted octanol–water partition coefficient (Wildman–Crippen LogP) is -6.01. The first-order valence-electron chi connectivity index (χ1n) is 0.408. The maximum absolute atomic E-state index is 8.34. The van der Waals surface area contributed by atoms with E-state index in [1.807, 2.05) is 0 Å².